The van der Waals surface area contributed by atoms with E-state index in [-0.39, 0.29) is 11.9 Å². The predicted molar refractivity (Wildman–Crippen MR) is 91.0 cm³/mol. The van der Waals surface area contributed by atoms with Crippen LogP contribution in [0.4, 0.5) is 5.69 Å². The van der Waals surface area contributed by atoms with Crippen LogP contribution in [0.5, 0.6) is 0 Å². The molecule has 120 valence electrons. The summed E-state index contributed by atoms with van der Waals surface area (Å²) in [5.41, 5.74) is 2.97. The van der Waals surface area contributed by atoms with Gasteiger partial charge in [0.25, 0.3) is 0 Å². The zero-order chi connectivity index (χ0) is 16.2. The molecule has 4 heteroatoms. The van der Waals surface area contributed by atoms with Crippen molar-refractivity contribution in [2.24, 2.45) is 0 Å². The molecule has 23 heavy (non-hydrogen) atoms. The van der Waals surface area contributed by atoms with Crippen molar-refractivity contribution >= 4 is 11.6 Å². The molecule has 0 aromatic heterocycles. The van der Waals surface area contributed by atoms with Crippen LogP contribution < -0.4 is 5.32 Å². The number of anilines is 1. The molecule has 1 heterocycles. The van der Waals surface area contributed by atoms with Gasteiger partial charge in [0.15, 0.2) is 0 Å². The molecule has 0 unspecified atom stereocenters. The smallest absolute Gasteiger partial charge is 0.224 e. The van der Waals surface area contributed by atoms with Crippen LogP contribution in [0.25, 0.3) is 0 Å². The average Bonchev–Trinajstić information content (AvgIpc) is 2.58. The first-order valence-electron chi connectivity index (χ1n) is 8.01. The number of fused-ring (bicyclic) bond motifs is 1. The van der Waals surface area contributed by atoms with Crippen molar-refractivity contribution in [2.75, 3.05) is 11.9 Å². The molecule has 0 radical (unpaired) electrons. The van der Waals surface area contributed by atoms with Gasteiger partial charge in [-0.15, -0.1) is 0 Å². The highest BCUT2D eigenvalue weighted by Crippen LogP contribution is 2.26. The standard InChI is InChI=1S/C19H22N2O2/c1-14(19(23)15-7-3-2-4-8-15)21-13-16-9-5-6-10-17(16)20-12-11-18(21)22/h2-10,14,19-20,23H,11-13H2,1H3/t14-,19-/m1/s1. The number of benzene rings is 2. The second kappa shape index (κ2) is 6.84. The van der Waals surface area contributed by atoms with Gasteiger partial charge in [0, 0.05) is 25.2 Å². The minimum atomic E-state index is -0.695. The van der Waals surface area contributed by atoms with E-state index in [0.717, 1.165) is 16.8 Å². The van der Waals surface area contributed by atoms with Gasteiger partial charge in [-0.05, 0) is 24.1 Å². The molecule has 1 aliphatic heterocycles. The Labute approximate surface area is 136 Å². The lowest BCUT2D eigenvalue weighted by Gasteiger charge is -2.34. The van der Waals surface area contributed by atoms with E-state index in [1.165, 1.54) is 0 Å². The first kappa shape index (κ1) is 15.6. The zero-order valence-electron chi connectivity index (χ0n) is 13.3. The molecule has 0 saturated heterocycles. The first-order chi connectivity index (χ1) is 11.2. The van der Waals surface area contributed by atoms with E-state index in [4.69, 9.17) is 0 Å². The van der Waals surface area contributed by atoms with Crippen molar-refractivity contribution in [1.29, 1.82) is 0 Å². The van der Waals surface area contributed by atoms with E-state index in [9.17, 15) is 9.90 Å². The van der Waals surface area contributed by atoms with Gasteiger partial charge in [0.2, 0.25) is 5.91 Å². The lowest BCUT2D eigenvalue weighted by molar-refractivity contribution is -0.136. The fourth-order valence-corrected chi connectivity index (χ4v) is 3.02. The molecule has 1 amide bonds. The predicted octanol–water partition coefficient (Wildman–Crippen LogP) is 2.95. The molecule has 1 aliphatic rings. The quantitative estimate of drug-likeness (QED) is 0.916. The van der Waals surface area contributed by atoms with Crippen LogP contribution in [-0.4, -0.2) is 28.5 Å². The number of nitrogens with one attached hydrogen (secondary N) is 1. The molecule has 3 rings (SSSR count). The number of hydrogen-bond donors (Lipinski definition) is 2. The number of hydrogen-bond acceptors (Lipinski definition) is 3. The summed E-state index contributed by atoms with van der Waals surface area (Å²) < 4.78 is 0. The van der Waals surface area contributed by atoms with Gasteiger partial charge in [0.05, 0.1) is 12.1 Å². The number of amides is 1. The molecule has 2 aromatic carbocycles. The summed E-state index contributed by atoms with van der Waals surface area (Å²) in [6, 6.07) is 17.2. The number of rotatable bonds is 3. The van der Waals surface area contributed by atoms with Crippen LogP contribution in [0.3, 0.4) is 0 Å². The molecule has 0 bridgehead atoms. The molecular weight excluding hydrogens is 288 g/mol. The summed E-state index contributed by atoms with van der Waals surface area (Å²) in [7, 11) is 0. The summed E-state index contributed by atoms with van der Waals surface area (Å²) in [5, 5.41) is 14.0. The number of aliphatic hydroxyl groups excluding tert-OH is 1. The second-order valence-electron chi connectivity index (χ2n) is 5.95. The Morgan fingerprint density at radius 2 is 1.78 bits per heavy atom. The van der Waals surface area contributed by atoms with Gasteiger partial charge in [-0.2, -0.15) is 0 Å². The SMILES string of the molecule is C[C@H]([C@@H](O)c1ccccc1)N1Cc2ccccc2NCCC1=O. The van der Waals surface area contributed by atoms with Gasteiger partial charge in [0.1, 0.15) is 0 Å². The van der Waals surface area contributed by atoms with Crippen LogP contribution in [-0.2, 0) is 11.3 Å². The molecule has 2 aromatic rings. The summed E-state index contributed by atoms with van der Waals surface area (Å²) in [6.45, 7) is 3.03. The Bertz CT molecular complexity index is 672. The Morgan fingerprint density at radius 1 is 1.09 bits per heavy atom. The topological polar surface area (TPSA) is 52.6 Å². The van der Waals surface area contributed by atoms with Gasteiger partial charge in [-0.1, -0.05) is 48.5 Å². The molecule has 2 N–H and O–H groups in total. The van der Waals surface area contributed by atoms with E-state index < -0.39 is 6.10 Å². The van der Waals surface area contributed by atoms with Crippen molar-refractivity contribution in [3.8, 4) is 0 Å². The third-order valence-electron chi connectivity index (χ3n) is 4.42. The normalized spacial score (nSPS) is 17.5. The molecule has 2 atom stereocenters. The maximum absolute atomic E-state index is 12.5. The van der Waals surface area contributed by atoms with E-state index in [1.54, 1.807) is 4.90 Å². The molecule has 0 fully saturated rings. The van der Waals surface area contributed by atoms with Crippen molar-refractivity contribution in [2.45, 2.75) is 32.0 Å². The summed E-state index contributed by atoms with van der Waals surface area (Å²) in [4.78, 5) is 14.3. The Hall–Kier alpha value is -2.33. The molecule has 4 nitrogen and oxygen atoms in total. The first-order valence-corrected chi connectivity index (χ1v) is 8.01. The van der Waals surface area contributed by atoms with Gasteiger partial charge < -0.3 is 15.3 Å². The Balaban J connectivity index is 1.86. The van der Waals surface area contributed by atoms with E-state index >= 15 is 0 Å². The zero-order valence-corrected chi connectivity index (χ0v) is 13.3. The maximum atomic E-state index is 12.5. The second-order valence-corrected chi connectivity index (χ2v) is 5.95. The minimum absolute atomic E-state index is 0.0643. The number of carbonyl (C=O) groups excluding carboxylic acids is 1. The van der Waals surface area contributed by atoms with Crippen LogP contribution >= 0.6 is 0 Å². The molecular formula is C19H22N2O2. The molecule has 0 saturated carbocycles. The van der Waals surface area contributed by atoms with Crippen LogP contribution in [0.2, 0.25) is 0 Å². The fourth-order valence-electron chi connectivity index (χ4n) is 3.02. The highest BCUT2D eigenvalue weighted by atomic mass is 16.3. The highest BCUT2D eigenvalue weighted by molar-refractivity contribution is 5.78. The Kier molecular flexibility index (Phi) is 4.63. The molecule has 0 spiro atoms. The number of aliphatic hydroxyl groups is 1. The van der Waals surface area contributed by atoms with Crippen LogP contribution in [0.1, 0.15) is 30.6 Å². The van der Waals surface area contributed by atoms with Crippen molar-refractivity contribution in [3.05, 3.63) is 65.7 Å². The largest absolute Gasteiger partial charge is 0.386 e. The number of para-hydroxylation sites is 1. The number of nitrogens with zero attached hydrogens (tertiary/aromatic N) is 1. The van der Waals surface area contributed by atoms with E-state index in [1.807, 2.05) is 61.5 Å². The van der Waals surface area contributed by atoms with E-state index in [0.29, 0.717) is 19.5 Å². The third-order valence-corrected chi connectivity index (χ3v) is 4.42. The van der Waals surface area contributed by atoms with Gasteiger partial charge in [-0.25, -0.2) is 0 Å². The molecule has 0 aliphatic carbocycles. The van der Waals surface area contributed by atoms with Crippen molar-refractivity contribution in [1.82, 2.24) is 4.90 Å². The Morgan fingerprint density at radius 3 is 2.57 bits per heavy atom. The van der Waals surface area contributed by atoms with Gasteiger partial charge >= 0.3 is 0 Å². The summed E-state index contributed by atoms with van der Waals surface area (Å²) >= 11 is 0. The average molecular weight is 310 g/mol. The number of carbonyl (C=O) groups is 1. The highest BCUT2D eigenvalue weighted by Gasteiger charge is 2.28. The monoisotopic (exact) mass is 310 g/mol. The van der Waals surface area contributed by atoms with Crippen molar-refractivity contribution in [3.63, 3.8) is 0 Å². The van der Waals surface area contributed by atoms with Crippen LogP contribution in [0, 0.1) is 0 Å². The minimum Gasteiger partial charge on any atom is -0.386 e. The lowest BCUT2D eigenvalue weighted by atomic mass is 10.0. The third kappa shape index (κ3) is 3.37. The van der Waals surface area contributed by atoms with E-state index in [2.05, 4.69) is 5.32 Å². The fraction of sp³-hybridized carbons (Fsp3) is 0.316. The summed E-state index contributed by atoms with van der Waals surface area (Å²) in [6.07, 6.45) is -0.264. The maximum Gasteiger partial charge on any atom is 0.224 e. The lowest BCUT2D eigenvalue weighted by Crippen LogP contribution is -2.43. The van der Waals surface area contributed by atoms with Crippen molar-refractivity contribution < 1.29 is 9.90 Å². The van der Waals surface area contributed by atoms with Gasteiger partial charge in [-0.3, -0.25) is 4.79 Å². The van der Waals surface area contributed by atoms with Crippen LogP contribution in [0.15, 0.2) is 54.6 Å². The summed E-state index contributed by atoms with van der Waals surface area (Å²) in [5.74, 6) is 0.0643.